The molecule has 4 rings (SSSR count). The SMILES string of the molecule is N[C@H](C(=O)Nc1ccc(-n2cc[nH]c2=O)cc1)C(C1CC1)C1CC1.[HH]. The zero-order valence-electron chi connectivity index (χ0n) is 13.4. The van der Waals surface area contributed by atoms with Crippen molar-refractivity contribution in [2.45, 2.75) is 31.7 Å². The molecule has 0 spiro atoms. The van der Waals surface area contributed by atoms with Gasteiger partial charge in [0.05, 0.1) is 11.7 Å². The second-order valence-corrected chi connectivity index (χ2v) is 6.95. The fraction of sp³-hybridized carbons (Fsp3) is 0.444. The number of H-pyrrole nitrogens is 1. The van der Waals surface area contributed by atoms with Crippen molar-refractivity contribution in [2.75, 3.05) is 5.32 Å². The van der Waals surface area contributed by atoms with E-state index in [4.69, 9.17) is 5.73 Å². The molecule has 0 radical (unpaired) electrons. The standard InChI is InChI=1S/C18H22N4O2.H2/c19-16(15(11-1-2-11)12-3-4-12)17(23)21-13-5-7-14(8-6-13)22-10-9-20-18(22)24;/h5-12,15-16H,1-4,19H2,(H,20,24)(H,21,23);1H/t16-;/m0./s1. The molecular weight excluding hydrogens is 304 g/mol. The molecule has 2 fully saturated rings. The van der Waals surface area contributed by atoms with Crippen LogP contribution in [-0.2, 0) is 4.79 Å². The molecular formula is C18H24N4O2. The number of benzene rings is 1. The van der Waals surface area contributed by atoms with E-state index in [2.05, 4.69) is 10.3 Å². The number of nitrogens with one attached hydrogen (secondary N) is 2. The maximum atomic E-state index is 12.5. The van der Waals surface area contributed by atoms with Crippen LogP contribution in [0.5, 0.6) is 0 Å². The number of nitrogens with two attached hydrogens (primary N) is 1. The number of nitrogens with zero attached hydrogens (tertiary/aromatic N) is 1. The molecule has 1 aromatic carbocycles. The Morgan fingerprint density at radius 2 is 1.83 bits per heavy atom. The molecule has 0 unspecified atom stereocenters. The molecule has 2 aromatic rings. The monoisotopic (exact) mass is 328 g/mol. The second-order valence-electron chi connectivity index (χ2n) is 6.95. The van der Waals surface area contributed by atoms with Gasteiger partial charge in [0.15, 0.2) is 0 Å². The van der Waals surface area contributed by atoms with E-state index >= 15 is 0 Å². The molecule has 2 aliphatic rings. The van der Waals surface area contributed by atoms with Gasteiger partial charge in [0.2, 0.25) is 5.91 Å². The zero-order valence-corrected chi connectivity index (χ0v) is 13.4. The summed E-state index contributed by atoms with van der Waals surface area (Å²) in [6.07, 6.45) is 8.10. The van der Waals surface area contributed by atoms with Gasteiger partial charge in [0.25, 0.3) is 0 Å². The third kappa shape index (κ3) is 3.01. The third-order valence-electron chi connectivity index (χ3n) is 5.11. The highest BCUT2D eigenvalue weighted by Gasteiger charge is 2.46. The quantitative estimate of drug-likeness (QED) is 0.758. The lowest BCUT2D eigenvalue weighted by Crippen LogP contribution is -2.43. The van der Waals surface area contributed by atoms with Crippen molar-refractivity contribution in [1.29, 1.82) is 0 Å². The average Bonchev–Trinajstić information content (AvgIpc) is 3.50. The van der Waals surface area contributed by atoms with Crippen molar-refractivity contribution in [1.82, 2.24) is 9.55 Å². The Kier molecular flexibility index (Phi) is 3.76. The fourth-order valence-electron chi connectivity index (χ4n) is 3.56. The number of amides is 1. The van der Waals surface area contributed by atoms with E-state index in [-0.39, 0.29) is 13.0 Å². The maximum Gasteiger partial charge on any atom is 0.330 e. The van der Waals surface area contributed by atoms with Crippen molar-refractivity contribution in [2.24, 2.45) is 23.5 Å². The topological polar surface area (TPSA) is 92.9 Å². The normalized spacial score (nSPS) is 18.6. The van der Waals surface area contributed by atoms with Crippen molar-refractivity contribution in [3.63, 3.8) is 0 Å². The first-order valence-electron chi connectivity index (χ1n) is 8.56. The summed E-state index contributed by atoms with van der Waals surface area (Å²) in [5, 5.41) is 2.92. The highest BCUT2D eigenvalue weighted by molar-refractivity contribution is 5.95. The summed E-state index contributed by atoms with van der Waals surface area (Å²) < 4.78 is 1.51. The molecule has 2 saturated carbocycles. The van der Waals surface area contributed by atoms with Gasteiger partial charge in [0.1, 0.15) is 0 Å². The van der Waals surface area contributed by atoms with E-state index < -0.39 is 6.04 Å². The molecule has 1 aromatic heterocycles. The minimum Gasteiger partial charge on any atom is -0.325 e. The molecule has 1 amide bonds. The number of hydrogen-bond acceptors (Lipinski definition) is 3. The molecule has 0 saturated heterocycles. The Morgan fingerprint density at radius 1 is 1.21 bits per heavy atom. The number of anilines is 1. The van der Waals surface area contributed by atoms with Gasteiger partial charge in [0, 0.05) is 19.5 Å². The Hall–Kier alpha value is -2.34. The minimum absolute atomic E-state index is 0. The zero-order chi connectivity index (χ0) is 16.7. The number of hydrogen-bond donors (Lipinski definition) is 3. The summed E-state index contributed by atoms with van der Waals surface area (Å²) in [5.41, 5.74) is 7.52. The first-order chi connectivity index (χ1) is 11.6. The Balaban J connectivity index is 0.00000182. The summed E-state index contributed by atoms with van der Waals surface area (Å²) in [4.78, 5) is 26.7. The van der Waals surface area contributed by atoms with E-state index in [0.717, 1.165) is 5.69 Å². The van der Waals surface area contributed by atoms with Gasteiger partial charge in [-0.15, -0.1) is 0 Å². The third-order valence-corrected chi connectivity index (χ3v) is 5.11. The number of carbonyl (C=O) groups excluding carboxylic acids is 1. The van der Waals surface area contributed by atoms with Gasteiger partial charge in [-0.1, -0.05) is 0 Å². The highest BCUT2D eigenvalue weighted by atomic mass is 16.2. The second kappa shape index (κ2) is 5.94. The molecule has 24 heavy (non-hydrogen) atoms. The summed E-state index contributed by atoms with van der Waals surface area (Å²) in [5.74, 6) is 1.51. The molecule has 128 valence electrons. The van der Waals surface area contributed by atoms with E-state index in [9.17, 15) is 9.59 Å². The number of aromatic nitrogens is 2. The van der Waals surface area contributed by atoms with Gasteiger partial charge in [-0.25, -0.2) is 4.79 Å². The fourth-order valence-corrected chi connectivity index (χ4v) is 3.56. The molecule has 6 nitrogen and oxygen atoms in total. The largest absolute Gasteiger partial charge is 0.330 e. The van der Waals surface area contributed by atoms with Crippen LogP contribution in [0.4, 0.5) is 5.69 Å². The maximum absolute atomic E-state index is 12.5. The molecule has 1 heterocycles. The number of imidazole rings is 1. The molecule has 2 aliphatic carbocycles. The number of carbonyl (C=O) groups is 1. The Labute approximate surface area is 141 Å². The first-order valence-corrected chi connectivity index (χ1v) is 8.56. The lowest BCUT2D eigenvalue weighted by atomic mass is 9.89. The minimum atomic E-state index is -0.433. The van der Waals surface area contributed by atoms with Crippen molar-refractivity contribution in [3.8, 4) is 5.69 Å². The van der Waals surface area contributed by atoms with Gasteiger partial charge in [-0.3, -0.25) is 9.36 Å². The van der Waals surface area contributed by atoms with E-state index in [1.54, 1.807) is 36.7 Å². The van der Waals surface area contributed by atoms with Crippen LogP contribution in [0.1, 0.15) is 27.1 Å². The van der Waals surface area contributed by atoms with Crippen LogP contribution in [0.15, 0.2) is 41.5 Å². The summed E-state index contributed by atoms with van der Waals surface area (Å²) >= 11 is 0. The first kappa shape index (κ1) is 15.2. The van der Waals surface area contributed by atoms with Gasteiger partial charge < -0.3 is 16.0 Å². The molecule has 1 atom stereocenters. The van der Waals surface area contributed by atoms with Crippen LogP contribution >= 0.6 is 0 Å². The number of rotatable bonds is 6. The Bertz CT molecular complexity index is 778. The van der Waals surface area contributed by atoms with E-state index in [0.29, 0.717) is 23.4 Å². The molecule has 4 N–H and O–H groups in total. The number of aromatic amines is 1. The van der Waals surface area contributed by atoms with Crippen LogP contribution in [0.3, 0.4) is 0 Å². The highest BCUT2D eigenvalue weighted by Crippen LogP contribution is 2.50. The van der Waals surface area contributed by atoms with Crippen molar-refractivity contribution >= 4 is 11.6 Å². The van der Waals surface area contributed by atoms with Crippen LogP contribution in [0.2, 0.25) is 0 Å². The predicted molar refractivity (Wildman–Crippen MR) is 94.0 cm³/mol. The van der Waals surface area contributed by atoms with Crippen molar-refractivity contribution in [3.05, 3.63) is 47.1 Å². The molecule has 0 bridgehead atoms. The average molecular weight is 328 g/mol. The molecule has 0 aliphatic heterocycles. The van der Waals surface area contributed by atoms with Gasteiger partial charge in [-0.2, -0.15) is 0 Å². The van der Waals surface area contributed by atoms with E-state index in [1.165, 1.54) is 30.3 Å². The summed E-state index contributed by atoms with van der Waals surface area (Å²) in [6, 6.07) is 6.76. The lowest BCUT2D eigenvalue weighted by molar-refractivity contribution is -0.118. The van der Waals surface area contributed by atoms with Crippen LogP contribution in [0, 0.1) is 17.8 Å². The van der Waals surface area contributed by atoms with E-state index in [1.807, 2.05) is 0 Å². The summed E-state index contributed by atoms with van der Waals surface area (Å²) in [6.45, 7) is 0. The smallest absolute Gasteiger partial charge is 0.325 e. The van der Waals surface area contributed by atoms with Gasteiger partial charge >= 0.3 is 5.69 Å². The van der Waals surface area contributed by atoms with Crippen LogP contribution in [0.25, 0.3) is 5.69 Å². The lowest BCUT2D eigenvalue weighted by Gasteiger charge is -2.22. The molecule has 6 heteroatoms. The van der Waals surface area contributed by atoms with Gasteiger partial charge in [-0.05, 0) is 67.7 Å². The Morgan fingerprint density at radius 3 is 2.33 bits per heavy atom. The predicted octanol–water partition coefficient (Wildman–Crippen LogP) is 2.11. The van der Waals surface area contributed by atoms with Crippen LogP contribution in [-0.4, -0.2) is 21.5 Å². The summed E-state index contributed by atoms with van der Waals surface area (Å²) in [7, 11) is 0. The van der Waals surface area contributed by atoms with Crippen LogP contribution < -0.4 is 16.7 Å². The van der Waals surface area contributed by atoms with Crippen molar-refractivity contribution < 1.29 is 6.22 Å².